The molecule has 2 N–H and O–H groups in total. The van der Waals surface area contributed by atoms with E-state index >= 15 is 0 Å². The van der Waals surface area contributed by atoms with Crippen molar-refractivity contribution in [3.05, 3.63) is 62.6 Å². The maximum Gasteiger partial charge on any atom is 0.193 e. The summed E-state index contributed by atoms with van der Waals surface area (Å²) in [6, 6.07) is 9.36. The summed E-state index contributed by atoms with van der Waals surface area (Å²) in [5.74, 6) is 0.0167. The van der Waals surface area contributed by atoms with Crippen LogP contribution in [0.15, 0.2) is 34.8 Å². The summed E-state index contributed by atoms with van der Waals surface area (Å²) >= 11 is 3.37. The van der Waals surface area contributed by atoms with Crippen LogP contribution in [-0.4, -0.2) is 5.78 Å². The van der Waals surface area contributed by atoms with E-state index in [0.29, 0.717) is 11.3 Å². The molecule has 98 valence electrons. The van der Waals surface area contributed by atoms with Crippen LogP contribution in [0.2, 0.25) is 0 Å². The highest BCUT2D eigenvalue weighted by molar-refractivity contribution is 9.10. The molecule has 2 aromatic rings. The van der Waals surface area contributed by atoms with Gasteiger partial charge in [-0.3, -0.25) is 4.79 Å². The van der Waals surface area contributed by atoms with Gasteiger partial charge in [0, 0.05) is 21.3 Å². The van der Waals surface area contributed by atoms with E-state index in [9.17, 15) is 4.79 Å². The van der Waals surface area contributed by atoms with Gasteiger partial charge in [0.05, 0.1) is 0 Å². The van der Waals surface area contributed by atoms with E-state index in [1.807, 2.05) is 32.9 Å². The number of ketones is 1. The van der Waals surface area contributed by atoms with E-state index in [2.05, 4.69) is 15.9 Å². The third kappa shape index (κ3) is 2.87. The quantitative estimate of drug-likeness (QED) is 0.666. The van der Waals surface area contributed by atoms with Crippen molar-refractivity contribution < 1.29 is 4.79 Å². The van der Waals surface area contributed by atoms with Crippen LogP contribution in [0.1, 0.15) is 32.6 Å². The summed E-state index contributed by atoms with van der Waals surface area (Å²) in [5.41, 5.74) is 10.9. The Kier molecular flexibility index (Phi) is 3.76. The number of carbonyl (C=O) groups is 1. The molecule has 0 aliphatic carbocycles. The maximum absolute atomic E-state index is 12.6. The van der Waals surface area contributed by atoms with Crippen molar-refractivity contribution in [3.63, 3.8) is 0 Å². The summed E-state index contributed by atoms with van der Waals surface area (Å²) in [5, 5.41) is 0. The number of nitrogens with two attached hydrogens (primary N) is 1. The Bertz CT molecular complexity index is 619. The van der Waals surface area contributed by atoms with Crippen LogP contribution in [0, 0.1) is 20.8 Å². The van der Waals surface area contributed by atoms with Crippen LogP contribution in [0.3, 0.4) is 0 Å². The molecule has 0 heterocycles. The minimum absolute atomic E-state index is 0.0167. The largest absolute Gasteiger partial charge is 0.399 e. The van der Waals surface area contributed by atoms with Crippen molar-refractivity contribution in [3.8, 4) is 0 Å². The molecular weight excluding hydrogens is 302 g/mol. The molecular formula is C16H16BrNO. The molecule has 2 aromatic carbocycles. The second-order valence-electron chi connectivity index (χ2n) is 4.88. The van der Waals surface area contributed by atoms with Crippen LogP contribution < -0.4 is 5.73 Å². The Balaban J connectivity index is 2.56. The monoisotopic (exact) mass is 317 g/mol. The van der Waals surface area contributed by atoms with Gasteiger partial charge in [-0.2, -0.15) is 0 Å². The van der Waals surface area contributed by atoms with Gasteiger partial charge in [0.1, 0.15) is 0 Å². The number of halogens is 1. The molecule has 0 aromatic heterocycles. The first-order valence-electron chi connectivity index (χ1n) is 6.07. The summed E-state index contributed by atoms with van der Waals surface area (Å²) in [6.45, 7) is 5.97. The van der Waals surface area contributed by atoms with E-state index in [1.54, 1.807) is 18.2 Å². The Morgan fingerprint density at radius 1 is 1.00 bits per heavy atom. The smallest absolute Gasteiger partial charge is 0.193 e. The predicted molar refractivity (Wildman–Crippen MR) is 82.6 cm³/mol. The molecule has 0 unspecified atom stereocenters. The second kappa shape index (κ2) is 5.17. The van der Waals surface area contributed by atoms with E-state index in [4.69, 9.17) is 5.73 Å². The molecule has 0 saturated carbocycles. The molecule has 2 nitrogen and oxygen atoms in total. The fourth-order valence-corrected chi connectivity index (χ4v) is 2.94. The van der Waals surface area contributed by atoms with Gasteiger partial charge in [-0.1, -0.05) is 33.6 Å². The summed E-state index contributed by atoms with van der Waals surface area (Å²) in [4.78, 5) is 12.6. The van der Waals surface area contributed by atoms with E-state index in [0.717, 1.165) is 21.2 Å². The van der Waals surface area contributed by atoms with Crippen LogP contribution in [0.5, 0.6) is 0 Å². The fourth-order valence-electron chi connectivity index (χ4n) is 2.43. The minimum atomic E-state index is 0.0167. The van der Waals surface area contributed by atoms with Crippen LogP contribution in [-0.2, 0) is 0 Å². The Hall–Kier alpha value is -1.61. The first kappa shape index (κ1) is 13.8. The van der Waals surface area contributed by atoms with Gasteiger partial charge in [0.25, 0.3) is 0 Å². The number of nitrogen functional groups attached to an aromatic ring is 1. The number of aryl methyl sites for hydroxylation is 3. The van der Waals surface area contributed by atoms with Crippen molar-refractivity contribution in [1.29, 1.82) is 0 Å². The molecule has 0 saturated heterocycles. The van der Waals surface area contributed by atoms with E-state index < -0.39 is 0 Å². The number of carbonyl (C=O) groups excluding carboxylic acids is 1. The molecule has 0 aliphatic heterocycles. The molecule has 3 heteroatoms. The normalized spacial score (nSPS) is 10.5. The van der Waals surface area contributed by atoms with Gasteiger partial charge in [-0.25, -0.2) is 0 Å². The summed E-state index contributed by atoms with van der Waals surface area (Å²) in [6.07, 6.45) is 0. The van der Waals surface area contributed by atoms with Gasteiger partial charge in [0.15, 0.2) is 5.78 Å². The first-order valence-corrected chi connectivity index (χ1v) is 6.86. The molecule has 0 radical (unpaired) electrons. The average Bonchev–Trinajstić information content (AvgIpc) is 2.25. The van der Waals surface area contributed by atoms with Gasteiger partial charge >= 0.3 is 0 Å². The Labute approximate surface area is 121 Å². The lowest BCUT2D eigenvalue weighted by molar-refractivity contribution is 0.103. The highest BCUT2D eigenvalue weighted by Gasteiger charge is 2.15. The fraction of sp³-hybridized carbons (Fsp3) is 0.188. The Morgan fingerprint density at radius 2 is 1.58 bits per heavy atom. The van der Waals surface area contributed by atoms with Crippen molar-refractivity contribution in [1.82, 2.24) is 0 Å². The van der Waals surface area contributed by atoms with Crippen molar-refractivity contribution in [2.75, 3.05) is 5.73 Å². The molecule has 0 amide bonds. The Morgan fingerprint density at radius 3 is 2.11 bits per heavy atom. The third-order valence-corrected chi connectivity index (χ3v) is 3.54. The number of anilines is 1. The number of hydrogen-bond acceptors (Lipinski definition) is 2. The maximum atomic E-state index is 12.6. The highest BCUT2D eigenvalue weighted by Crippen LogP contribution is 2.24. The van der Waals surface area contributed by atoms with E-state index in [1.165, 1.54) is 5.56 Å². The predicted octanol–water partition coefficient (Wildman–Crippen LogP) is 4.19. The SMILES string of the molecule is Cc1cc(C)c(C(=O)c2cc(N)cc(Br)c2)c(C)c1. The van der Waals surface area contributed by atoms with Gasteiger partial charge in [-0.15, -0.1) is 0 Å². The van der Waals surface area contributed by atoms with Crippen LogP contribution >= 0.6 is 15.9 Å². The van der Waals surface area contributed by atoms with Gasteiger partial charge in [0.2, 0.25) is 0 Å². The summed E-state index contributed by atoms with van der Waals surface area (Å²) in [7, 11) is 0. The molecule has 0 aliphatic rings. The lowest BCUT2D eigenvalue weighted by atomic mass is 9.93. The standard InChI is InChI=1S/C16H16BrNO/c1-9-4-10(2)15(11(3)5-9)16(19)12-6-13(17)8-14(18)7-12/h4-8H,18H2,1-3H3. The molecule has 0 spiro atoms. The zero-order chi connectivity index (χ0) is 14.2. The topological polar surface area (TPSA) is 43.1 Å². The summed E-state index contributed by atoms with van der Waals surface area (Å²) < 4.78 is 0.818. The van der Waals surface area contributed by atoms with Crippen LogP contribution in [0.4, 0.5) is 5.69 Å². The van der Waals surface area contributed by atoms with Crippen molar-refractivity contribution >= 4 is 27.4 Å². The highest BCUT2D eigenvalue weighted by atomic mass is 79.9. The third-order valence-electron chi connectivity index (χ3n) is 3.09. The molecule has 0 atom stereocenters. The number of benzene rings is 2. The van der Waals surface area contributed by atoms with Gasteiger partial charge in [-0.05, 0) is 50.1 Å². The first-order chi connectivity index (χ1) is 8.88. The number of hydrogen-bond donors (Lipinski definition) is 1. The average molecular weight is 318 g/mol. The van der Waals surface area contributed by atoms with Crippen LogP contribution in [0.25, 0.3) is 0 Å². The molecule has 0 fully saturated rings. The zero-order valence-corrected chi connectivity index (χ0v) is 12.8. The van der Waals surface area contributed by atoms with E-state index in [-0.39, 0.29) is 5.78 Å². The zero-order valence-electron chi connectivity index (χ0n) is 11.3. The lowest BCUT2D eigenvalue weighted by Crippen LogP contribution is -2.07. The van der Waals surface area contributed by atoms with Crippen molar-refractivity contribution in [2.24, 2.45) is 0 Å². The molecule has 0 bridgehead atoms. The number of rotatable bonds is 2. The van der Waals surface area contributed by atoms with Crippen molar-refractivity contribution in [2.45, 2.75) is 20.8 Å². The lowest BCUT2D eigenvalue weighted by Gasteiger charge is -2.11. The minimum Gasteiger partial charge on any atom is -0.399 e. The second-order valence-corrected chi connectivity index (χ2v) is 5.79. The molecule has 2 rings (SSSR count). The van der Waals surface area contributed by atoms with Gasteiger partial charge < -0.3 is 5.73 Å². The molecule has 19 heavy (non-hydrogen) atoms.